The molecular weight excluding hydrogens is 260 g/mol. The largest absolute Gasteiger partial charge is 0.468 e. The van der Waals surface area contributed by atoms with Gasteiger partial charge in [0.15, 0.2) is 0 Å². The third-order valence-electron chi connectivity index (χ3n) is 2.53. The van der Waals surface area contributed by atoms with Gasteiger partial charge in [0.25, 0.3) is 0 Å². The van der Waals surface area contributed by atoms with Crippen LogP contribution in [0.3, 0.4) is 0 Å². The average Bonchev–Trinajstić information content (AvgIpc) is 2.90. The summed E-state index contributed by atoms with van der Waals surface area (Å²) >= 11 is 4.67. The lowest BCUT2D eigenvalue weighted by atomic mass is 10.4. The third kappa shape index (κ3) is 3.27. The average molecular weight is 274 g/mol. The zero-order valence-corrected chi connectivity index (χ0v) is 10.8. The molecule has 0 atom stereocenters. The summed E-state index contributed by atoms with van der Waals surface area (Å²) in [5, 5.41) is 0. The minimum absolute atomic E-state index is 0.00454. The summed E-state index contributed by atoms with van der Waals surface area (Å²) in [6.07, 6.45) is 3.30. The van der Waals surface area contributed by atoms with Crippen LogP contribution in [0.15, 0.2) is 22.8 Å². The monoisotopic (exact) mass is 274 g/mol. The third-order valence-corrected chi connectivity index (χ3v) is 4.67. The molecule has 1 aromatic rings. The van der Waals surface area contributed by atoms with E-state index in [1.165, 1.54) is 10.6 Å². The lowest BCUT2D eigenvalue weighted by molar-refractivity contribution is 0.358. The van der Waals surface area contributed by atoms with E-state index in [0.717, 1.165) is 12.8 Å². The van der Waals surface area contributed by atoms with Gasteiger partial charge in [0, 0.05) is 6.04 Å². The van der Waals surface area contributed by atoms with Gasteiger partial charge >= 0.3 is 0 Å². The summed E-state index contributed by atoms with van der Waals surface area (Å²) in [5.74, 6) is 0.350. The molecule has 0 radical (unpaired) electrons. The Hall–Kier alpha value is -0.920. The number of nitrogens with two attached hydrogens (primary N) is 1. The lowest BCUT2D eigenvalue weighted by Crippen LogP contribution is -2.37. The molecule has 7 heteroatoms. The Bertz CT molecular complexity index is 492. The summed E-state index contributed by atoms with van der Waals surface area (Å²) in [6.45, 7) is 0.253. The molecule has 0 bridgehead atoms. The van der Waals surface area contributed by atoms with E-state index in [2.05, 4.69) is 12.2 Å². The number of thiocarbonyl (C=S) groups is 1. The number of hydrogen-bond acceptors (Lipinski definition) is 4. The fourth-order valence-electron chi connectivity index (χ4n) is 1.64. The van der Waals surface area contributed by atoms with Gasteiger partial charge in [0.1, 0.15) is 11.5 Å². The minimum atomic E-state index is -3.43. The van der Waals surface area contributed by atoms with Crippen molar-refractivity contribution in [1.82, 2.24) is 4.31 Å². The van der Waals surface area contributed by atoms with Crippen LogP contribution in [0.2, 0.25) is 0 Å². The lowest BCUT2D eigenvalue weighted by Gasteiger charge is -2.20. The number of hydrogen-bond donors (Lipinski definition) is 1. The van der Waals surface area contributed by atoms with E-state index < -0.39 is 10.0 Å². The molecule has 94 valence electrons. The molecule has 17 heavy (non-hydrogen) atoms. The molecule has 1 aromatic heterocycles. The summed E-state index contributed by atoms with van der Waals surface area (Å²) in [4.78, 5) is -0.00454. The van der Waals surface area contributed by atoms with Crippen LogP contribution in [0.1, 0.15) is 18.6 Å². The van der Waals surface area contributed by atoms with Gasteiger partial charge in [-0.2, -0.15) is 4.31 Å². The van der Waals surface area contributed by atoms with E-state index in [-0.39, 0.29) is 23.3 Å². The van der Waals surface area contributed by atoms with E-state index >= 15 is 0 Å². The number of nitrogens with zero attached hydrogens (tertiary/aromatic N) is 1. The van der Waals surface area contributed by atoms with Gasteiger partial charge in [0.2, 0.25) is 10.0 Å². The van der Waals surface area contributed by atoms with Crippen molar-refractivity contribution in [2.24, 2.45) is 5.73 Å². The van der Waals surface area contributed by atoms with Crippen LogP contribution in [0.25, 0.3) is 0 Å². The van der Waals surface area contributed by atoms with E-state index in [0.29, 0.717) is 5.76 Å². The number of furan rings is 1. The van der Waals surface area contributed by atoms with Crippen molar-refractivity contribution in [2.45, 2.75) is 25.4 Å². The predicted octanol–water partition coefficient (Wildman–Crippen LogP) is 0.860. The molecular formula is C10H14N2O3S2. The Balaban J connectivity index is 2.14. The molecule has 1 saturated carbocycles. The first kappa shape index (κ1) is 12.5. The van der Waals surface area contributed by atoms with Crippen LogP contribution < -0.4 is 5.73 Å². The highest BCUT2D eigenvalue weighted by atomic mass is 32.2. The summed E-state index contributed by atoms with van der Waals surface area (Å²) < 4.78 is 30.7. The fourth-order valence-corrected chi connectivity index (χ4v) is 3.60. The molecule has 1 fully saturated rings. The van der Waals surface area contributed by atoms with Gasteiger partial charge in [-0.1, -0.05) is 12.2 Å². The Morgan fingerprint density at radius 3 is 2.76 bits per heavy atom. The zero-order chi connectivity index (χ0) is 12.5. The molecule has 1 aliphatic carbocycles. The molecule has 0 aliphatic heterocycles. The molecule has 0 amide bonds. The van der Waals surface area contributed by atoms with Crippen LogP contribution in [0, 0.1) is 0 Å². The van der Waals surface area contributed by atoms with E-state index in [9.17, 15) is 8.42 Å². The maximum absolute atomic E-state index is 12.1. The van der Waals surface area contributed by atoms with E-state index in [1.807, 2.05) is 0 Å². The van der Waals surface area contributed by atoms with Crippen LogP contribution in [-0.2, 0) is 16.6 Å². The molecule has 2 N–H and O–H groups in total. The SMILES string of the molecule is NC(=S)CS(=O)(=O)N(Cc1ccco1)C1CC1. The number of rotatable bonds is 6. The second-order valence-corrected chi connectivity index (χ2v) is 6.52. The molecule has 0 aromatic carbocycles. The molecule has 0 unspecified atom stereocenters. The van der Waals surface area contributed by atoms with Gasteiger partial charge in [-0.25, -0.2) is 8.42 Å². The first-order valence-corrected chi connectivity index (χ1v) is 7.31. The van der Waals surface area contributed by atoms with Crippen molar-refractivity contribution in [2.75, 3.05) is 5.75 Å². The normalized spacial score (nSPS) is 16.3. The maximum atomic E-state index is 12.1. The highest BCUT2D eigenvalue weighted by Crippen LogP contribution is 2.31. The second-order valence-electron chi connectivity index (χ2n) is 4.08. The first-order chi connectivity index (χ1) is 7.99. The molecule has 0 spiro atoms. The van der Waals surface area contributed by atoms with Crippen LogP contribution in [0.5, 0.6) is 0 Å². The number of sulfonamides is 1. The summed E-state index contributed by atoms with van der Waals surface area (Å²) in [6, 6.07) is 3.56. The molecule has 1 aliphatic rings. The Morgan fingerprint density at radius 2 is 2.29 bits per heavy atom. The van der Waals surface area contributed by atoms with E-state index in [1.54, 1.807) is 12.1 Å². The van der Waals surface area contributed by atoms with Crippen molar-refractivity contribution in [3.63, 3.8) is 0 Å². The first-order valence-electron chi connectivity index (χ1n) is 5.29. The van der Waals surface area contributed by atoms with Gasteiger partial charge in [-0.05, 0) is 25.0 Å². The molecule has 2 rings (SSSR count). The maximum Gasteiger partial charge on any atom is 0.221 e. The summed E-state index contributed by atoms with van der Waals surface area (Å²) in [7, 11) is -3.43. The molecule has 5 nitrogen and oxygen atoms in total. The van der Waals surface area contributed by atoms with Crippen LogP contribution >= 0.6 is 12.2 Å². The van der Waals surface area contributed by atoms with Crippen molar-refractivity contribution >= 4 is 27.2 Å². The predicted molar refractivity (Wildman–Crippen MR) is 67.8 cm³/mol. The zero-order valence-electron chi connectivity index (χ0n) is 9.20. The Labute approximate surface area is 106 Å². The Morgan fingerprint density at radius 1 is 1.59 bits per heavy atom. The molecule has 1 heterocycles. The summed E-state index contributed by atoms with van der Waals surface area (Å²) in [5.41, 5.74) is 5.31. The molecule has 0 saturated heterocycles. The highest BCUT2D eigenvalue weighted by molar-refractivity contribution is 7.92. The van der Waals surface area contributed by atoms with E-state index in [4.69, 9.17) is 10.2 Å². The fraction of sp³-hybridized carbons (Fsp3) is 0.500. The van der Waals surface area contributed by atoms with Crippen molar-refractivity contribution < 1.29 is 12.8 Å². The highest BCUT2D eigenvalue weighted by Gasteiger charge is 2.37. The van der Waals surface area contributed by atoms with Crippen LogP contribution in [0.4, 0.5) is 0 Å². The quantitative estimate of drug-likeness (QED) is 0.779. The van der Waals surface area contributed by atoms with Crippen molar-refractivity contribution in [3.05, 3.63) is 24.2 Å². The second kappa shape index (κ2) is 4.75. The van der Waals surface area contributed by atoms with Gasteiger partial charge in [-0.15, -0.1) is 0 Å². The topological polar surface area (TPSA) is 76.5 Å². The van der Waals surface area contributed by atoms with Gasteiger partial charge in [0.05, 0.1) is 17.8 Å². The smallest absolute Gasteiger partial charge is 0.221 e. The van der Waals surface area contributed by atoms with Gasteiger partial charge < -0.3 is 10.2 Å². The van der Waals surface area contributed by atoms with Gasteiger partial charge in [-0.3, -0.25) is 0 Å². The standard InChI is InChI=1S/C10H14N2O3S2/c11-10(16)7-17(13,14)12(8-3-4-8)6-9-2-1-5-15-9/h1-2,5,8H,3-4,6-7H2,(H2,11,16). The van der Waals surface area contributed by atoms with Crippen molar-refractivity contribution in [3.8, 4) is 0 Å². The van der Waals surface area contributed by atoms with Crippen LogP contribution in [-0.4, -0.2) is 29.5 Å². The minimum Gasteiger partial charge on any atom is -0.468 e. The Kier molecular flexibility index (Phi) is 3.50. The van der Waals surface area contributed by atoms with Crippen molar-refractivity contribution in [1.29, 1.82) is 0 Å².